The Hall–Kier alpha value is -1.08. The summed E-state index contributed by atoms with van der Waals surface area (Å²) < 4.78 is 0. The Morgan fingerprint density at radius 3 is 2.47 bits per heavy atom. The van der Waals surface area contributed by atoms with Crippen LogP contribution < -0.4 is 0 Å². The highest BCUT2D eigenvalue weighted by molar-refractivity contribution is 5.77. The Morgan fingerprint density at radius 1 is 1.18 bits per heavy atom. The van der Waals surface area contributed by atoms with E-state index in [1.54, 1.807) is 0 Å². The van der Waals surface area contributed by atoms with Crippen LogP contribution in [0.25, 0.3) is 5.57 Å². The van der Waals surface area contributed by atoms with E-state index >= 15 is 0 Å². The van der Waals surface area contributed by atoms with Crippen LogP contribution in [0.2, 0.25) is 0 Å². The van der Waals surface area contributed by atoms with E-state index < -0.39 is 0 Å². The zero-order valence-corrected chi connectivity index (χ0v) is 11.7. The van der Waals surface area contributed by atoms with Crippen LogP contribution in [0.5, 0.6) is 0 Å². The molecule has 0 N–H and O–H groups in total. The van der Waals surface area contributed by atoms with Crippen molar-refractivity contribution in [2.45, 2.75) is 32.6 Å². The van der Waals surface area contributed by atoms with E-state index in [4.69, 9.17) is 0 Å². The summed E-state index contributed by atoms with van der Waals surface area (Å²) in [4.78, 5) is 2.25. The molecule has 0 aromatic heterocycles. The highest BCUT2D eigenvalue weighted by Gasteiger charge is 2.24. The molecule has 0 heterocycles. The molecule has 1 aliphatic rings. The maximum Gasteiger partial charge on any atom is 0.0230 e. The Labute approximate surface area is 105 Å². The van der Waals surface area contributed by atoms with Gasteiger partial charge in [0.2, 0.25) is 0 Å². The van der Waals surface area contributed by atoms with Crippen LogP contribution in [0.4, 0.5) is 0 Å². The molecule has 0 spiro atoms. The third kappa shape index (κ3) is 2.44. The van der Waals surface area contributed by atoms with Gasteiger partial charge in [-0.25, -0.2) is 0 Å². The first-order valence-corrected chi connectivity index (χ1v) is 6.36. The minimum Gasteiger partial charge on any atom is -0.305 e. The summed E-state index contributed by atoms with van der Waals surface area (Å²) >= 11 is 0. The molecule has 1 aromatic carbocycles. The SMILES string of the molecule is CN(C)CC1=CCc2cccc(C(C)(C)C)c21. The van der Waals surface area contributed by atoms with E-state index in [0.29, 0.717) is 0 Å². The van der Waals surface area contributed by atoms with Crippen molar-refractivity contribution in [2.75, 3.05) is 20.6 Å². The Bertz CT molecular complexity index is 447. The zero-order valence-electron chi connectivity index (χ0n) is 11.7. The van der Waals surface area contributed by atoms with Gasteiger partial charge in [-0.05, 0) is 48.2 Å². The monoisotopic (exact) mass is 229 g/mol. The maximum atomic E-state index is 2.39. The number of nitrogens with zero attached hydrogens (tertiary/aromatic N) is 1. The van der Waals surface area contributed by atoms with E-state index in [1.807, 2.05) is 0 Å². The highest BCUT2D eigenvalue weighted by Crippen LogP contribution is 2.36. The fourth-order valence-corrected chi connectivity index (χ4v) is 2.59. The molecule has 92 valence electrons. The molecule has 0 saturated carbocycles. The van der Waals surface area contributed by atoms with Crippen LogP contribution in [-0.4, -0.2) is 25.5 Å². The highest BCUT2D eigenvalue weighted by atomic mass is 15.0. The quantitative estimate of drug-likeness (QED) is 0.750. The molecule has 0 fully saturated rings. The normalized spacial score (nSPS) is 15.1. The third-order valence-corrected chi connectivity index (χ3v) is 3.33. The molecular formula is C16H23N. The van der Waals surface area contributed by atoms with Crippen molar-refractivity contribution in [3.63, 3.8) is 0 Å². The molecule has 1 aliphatic carbocycles. The van der Waals surface area contributed by atoms with Crippen LogP contribution in [0.1, 0.15) is 37.5 Å². The molecule has 2 rings (SSSR count). The maximum absolute atomic E-state index is 2.39. The summed E-state index contributed by atoms with van der Waals surface area (Å²) in [5.41, 5.74) is 6.21. The lowest BCUT2D eigenvalue weighted by molar-refractivity contribution is 0.462. The van der Waals surface area contributed by atoms with E-state index in [-0.39, 0.29) is 5.41 Å². The fraction of sp³-hybridized carbons (Fsp3) is 0.500. The number of rotatable bonds is 2. The van der Waals surface area contributed by atoms with Gasteiger partial charge in [-0.1, -0.05) is 45.0 Å². The summed E-state index contributed by atoms with van der Waals surface area (Å²) in [6, 6.07) is 6.75. The fourth-order valence-electron chi connectivity index (χ4n) is 2.59. The first-order chi connectivity index (χ1) is 7.89. The number of likely N-dealkylation sites (N-methyl/N-ethyl adjacent to an activating group) is 1. The smallest absolute Gasteiger partial charge is 0.0230 e. The lowest BCUT2D eigenvalue weighted by atomic mass is 9.81. The van der Waals surface area contributed by atoms with Crippen molar-refractivity contribution >= 4 is 5.57 Å². The molecule has 0 saturated heterocycles. The number of benzene rings is 1. The van der Waals surface area contributed by atoms with Crippen molar-refractivity contribution in [3.8, 4) is 0 Å². The van der Waals surface area contributed by atoms with Gasteiger partial charge in [-0.2, -0.15) is 0 Å². The average Bonchev–Trinajstić information content (AvgIpc) is 2.59. The molecule has 0 atom stereocenters. The Balaban J connectivity index is 2.47. The molecule has 0 unspecified atom stereocenters. The van der Waals surface area contributed by atoms with E-state index in [0.717, 1.165) is 13.0 Å². The van der Waals surface area contributed by atoms with E-state index in [1.165, 1.54) is 22.3 Å². The molecule has 0 amide bonds. The van der Waals surface area contributed by atoms with Crippen LogP contribution in [0.3, 0.4) is 0 Å². The van der Waals surface area contributed by atoms with Gasteiger partial charge in [0.1, 0.15) is 0 Å². The van der Waals surface area contributed by atoms with Crippen molar-refractivity contribution in [2.24, 2.45) is 0 Å². The molecular weight excluding hydrogens is 206 g/mol. The second kappa shape index (κ2) is 4.30. The van der Waals surface area contributed by atoms with Crippen molar-refractivity contribution in [1.82, 2.24) is 4.90 Å². The standard InChI is InChI=1S/C16H23N/c1-16(2,3)14-8-6-7-12-9-10-13(15(12)14)11-17(4)5/h6-8,10H,9,11H2,1-5H3. The number of hydrogen-bond acceptors (Lipinski definition) is 1. The van der Waals surface area contributed by atoms with E-state index in [2.05, 4.69) is 64.0 Å². The molecule has 0 bridgehead atoms. The van der Waals surface area contributed by atoms with Crippen LogP contribution in [-0.2, 0) is 11.8 Å². The first kappa shape index (κ1) is 12.4. The summed E-state index contributed by atoms with van der Waals surface area (Å²) in [5.74, 6) is 0. The molecule has 0 radical (unpaired) electrons. The summed E-state index contributed by atoms with van der Waals surface area (Å²) in [5, 5.41) is 0. The van der Waals surface area contributed by atoms with Crippen LogP contribution in [0.15, 0.2) is 24.3 Å². The van der Waals surface area contributed by atoms with Gasteiger partial charge >= 0.3 is 0 Å². The predicted octanol–water partition coefficient (Wildman–Crippen LogP) is 3.49. The average molecular weight is 229 g/mol. The summed E-state index contributed by atoms with van der Waals surface area (Å²) in [6.45, 7) is 7.94. The third-order valence-electron chi connectivity index (χ3n) is 3.33. The Morgan fingerprint density at radius 2 is 1.88 bits per heavy atom. The second-order valence-electron chi connectivity index (χ2n) is 6.26. The lowest BCUT2D eigenvalue weighted by Gasteiger charge is -2.25. The minimum atomic E-state index is 0.223. The van der Waals surface area contributed by atoms with Gasteiger partial charge < -0.3 is 4.90 Å². The van der Waals surface area contributed by atoms with Gasteiger partial charge in [-0.3, -0.25) is 0 Å². The van der Waals surface area contributed by atoms with Gasteiger partial charge in [0.25, 0.3) is 0 Å². The molecule has 17 heavy (non-hydrogen) atoms. The molecule has 0 aliphatic heterocycles. The van der Waals surface area contributed by atoms with Gasteiger partial charge in [0, 0.05) is 6.54 Å². The van der Waals surface area contributed by atoms with Gasteiger partial charge in [0.15, 0.2) is 0 Å². The first-order valence-electron chi connectivity index (χ1n) is 6.36. The molecule has 1 nitrogen and oxygen atoms in total. The van der Waals surface area contributed by atoms with Gasteiger partial charge in [0.05, 0.1) is 0 Å². The summed E-state index contributed by atoms with van der Waals surface area (Å²) in [7, 11) is 4.27. The van der Waals surface area contributed by atoms with Crippen molar-refractivity contribution in [1.29, 1.82) is 0 Å². The summed E-state index contributed by atoms with van der Waals surface area (Å²) in [6.07, 6.45) is 3.49. The molecule has 1 heteroatoms. The topological polar surface area (TPSA) is 3.24 Å². The van der Waals surface area contributed by atoms with E-state index in [9.17, 15) is 0 Å². The number of fused-ring (bicyclic) bond motifs is 1. The van der Waals surface area contributed by atoms with Crippen molar-refractivity contribution < 1.29 is 0 Å². The predicted molar refractivity (Wildman–Crippen MR) is 75.4 cm³/mol. The number of allylic oxidation sites excluding steroid dienone is 1. The molecule has 1 aromatic rings. The van der Waals surface area contributed by atoms with Gasteiger partial charge in [-0.15, -0.1) is 0 Å². The second-order valence-corrected chi connectivity index (χ2v) is 6.26. The van der Waals surface area contributed by atoms with Crippen LogP contribution in [0, 0.1) is 0 Å². The zero-order chi connectivity index (χ0) is 12.6. The number of hydrogen-bond donors (Lipinski definition) is 0. The van der Waals surface area contributed by atoms with Crippen LogP contribution >= 0.6 is 0 Å². The van der Waals surface area contributed by atoms with Crippen molar-refractivity contribution in [3.05, 3.63) is 41.0 Å². The lowest BCUT2D eigenvalue weighted by Crippen LogP contribution is -2.18. The largest absolute Gasteiger partial charge is 0.305 e. The Kier molecular flexibility index (Phi) is 3.13. The minimum absolute atomic E-state index is 0.223.